The van der Waals surface area contributed by atoms with Crippen LogP contribution in [0.4, 0.5) is 5.69 Å². The largest absolute Gasteiger partial charge is 0.478 e. The van der Waals surface area contributed by atoms with Crippen molar-refractivity contribution < 1.29 is 9.90 Å². The number of carboxylic acid groups (broad SMARTS) is 1. The smallest absolute Gasteiger partial charge is 0.335 e. The van der Waals surface area contributed by atoms with Crippen LogP contribution < -0.4 is 5.32 Å². The molecule has 1 rings (SSSR count). The Labute approximate surface area is 109 Å². The van der Waals surface area contributed by atoms with Crippen LogP contribution in [0.25, 0.3) is 0 Å². The fraction of sp³-hybridized carbons (Fsp3) is 0.533. The number of unbranched alkanes of at least 4 members (excludes halogenated alkanes) is 4. The summed E-state index contributed by atoms with van der Waals surface area (Å²) in [4.78, 5) is 10.9. The zero-order valence-corrected chi connectivity index (χ0v) is 11.3. The first-order valence-corrected chi connectivity index (χ1v) is 6.73. The number of rotatable bonds is 8. The van der Waals surface area contributed by atoms with Gasteiger partial charge in [-0.1, -0.05) is 38.7 Å². The van der Waals surface area contributed by atoms with Crippen molar-refractivity contribution in [3.8, 4) is 0 Å². The molecule has 1 aromatic carbocycles. The lowest BCUT2D eigenvalue weighted by molar-refractivity contribution is 0.0697. The molecule has 0 aliphatic rings. The maximum Gasteiger partial charge on any atom is 0.335 e. The van der Waals surface area contributed by atoms with E-state index < -0.39 is 5.97 Å². The standard InChI is InChI=1S/C15H23NO2/c1-3-4-5-6-7-10-16-14-11-13(15(17)18)9-8-12(14)2/h8-9,11,16H,3-7,10H2,1-2H3,(H,17,18). The van der Waals surface area contributed by atoms with Crippen LogP contribution in [-0.4, -0.2) is 17.6 Å². The normalized spacial score (nSPS) is 10.3. The minimum Gasteiger partial charge on any atom is -0.478 e. The van der Waals surface area contributed by atoms with E-state index in [2.05, 4.69) is 12.2 Å². The van der Waals surface area contributed by atoms with Gasteiger partial charge in [0.05, 0.1) is 5.56 Å². The molecular formula is C15H23NO2. The SMILES string of the molecule is CCCCCCCNc1cc(C(=O)O)ccc1C. The van der Waals surface area contributed by atoms with Crippen LogP contribution in [0.15, 0.2) is 18.2 Å². The van der Waals surface area contributed by atoms with E-state index in [1.807, 2.05) is 13.0 Å². The number of hydrogen-bond acceptors (Lipinski definition) is 2. The van der Waals surface area contributed by atoms with E-state index in [1.54, 1.807) is 12.1 Å². The van der Waals surface area contributed by atoms with Gasteiger partial charge in [-0.25, -0.2) is 4.79 Å². The average molecular weight is 249 g/mol. The molecule has 18 heavy (non-hydrogen) atoms. The summed E-state index contributed by atoms with van der Waals surface area (Å²) in [5.74, 6) is -0.874. The lowest BCUT2D eigenvalue weighted by atomic mass is 10.1. The summed E-state index contributed by atoms with van der Waals surface area (Å²) >= 11 is 0. The molecule has 0 unspecified atom stereocenters. The molecule has 0 radical (unpaired) electrons. The average Bonchev–Trinajstić information content (AvgIpc) is 2.35. The van der Waals surface area contributed by atoms with Gasteiger partial charge in [0.25, 0.3) is 0 Å². The number of anilines is 1. The number of nitrogens with one attached hydrogen (secondary N) is 1. The molecule has 0 aliphatic heterocycles. The van der Waals surface area contributed by atoms with Gasteiger partial charge in [0.1, 0.15) is 0 Å². The Morgan fingerprint density at radius 3 is 2.61 bits per heavy atom. The maximum absolute atomic E-state index is 10.9. The molecule has 100 valence electrons. The van der Waals surface area contributed by atoms with Crippen molar-refractivity contribution in [1.29, 1.82) is 0 Å². The van der Waals surface area contributed by atoms with Crippen LogP contribution in [0.5, 0.6) is 0 Å². The number of benzene rings is 1. The second-order valence-electron chi connectivity index (χ2n) is 4.68. The predicted octanol–water partition coefficient (Wildman–Crippen LogP) is 4.08. The summed E-state index contributed by atoms with van der Waals surface area (Å²) in [6.45, 7) is 5.11. The number of carbonyl (C=O) groups is 1. The van der Waals surface area contributed by atoms with E-state index in [1.165, 1.54) is 25.7 Å². The first kappa shape index (κ1) is 14.6. The summed E-state index contributed by atoms with van der Waals surface area (Å²) in [7, 11) is 0. The molecule has 0 saturated carbocycles. The second kappa shape index (κ2) is 7.75. The van der Waals surface area contributed by atoms with E-state index in [9.17, 15) is 4.79 Å². The molecule has 0 aromatic heterocycles. The molecular weight excluding hydrogens is 226 g/mol. The van der Waals surface area contributed by atoms with Crippen molar-refractivity contribution in [1.82, 2.24) is 0 Å². The molecule has 3 nitrogen and oxygen atoms in total. The van der Waals surface area contributed by atoms with Gasteiger partial charge in [-0.2, -0.15) is 0 Å². The Morgan fingerprint density at radius 2 is 1.94 bits per heavy atom. The third-order valence-electron chi connectivity index (χ3n) is 3.08. The fourth-order valence-electron chi connectivity index (χ4n) is 1.90. The van der Waals surface area contributed by atoms with Crippen molar-refractivity contribution in [2.75, 3.05) is 11.9 Å². The predicted molar refractivity (Wildman–Crippen MR) is 75.4 cm³/mol. The molecule has 3 heteroatoms. The Hall–Kier alpha value is -1.51. The minimum absolute atomic E-state index is 0.342. The van der Waals surface area contributed by atoms with Crippen molar-refractivity contribution in [2.24, 2.45) is 0 Å². The van der Waals surface area contributed by atoms with Gasteiger partial charge in [0, 0.05) is 12.2 Å². The van der Waals surface area contributed by atoms with Crippen molar-refractivity contribution in [2.45, 2.75) is 46.0 Å². The zero-order chi connectivity index (χ0) is 13.4. The quantitative estimate of drug-likeness (QED) is 0.683. The van der Waals surface area contributed by atoms with E-state index in [0.29, 0.717) is 5.56 Å². The molecule has 2 N–H and O–H groups in total. The lowest BCUT2D eigenvalue weighted by Crippen LogP contribution is -2.05. The highest BCUT2D eigenvalue weighted by molar-refractivity contribution is 5.89. The molecule has 0 bridgehead atoms. The van der Waals surface area contributed by atoms with Gasteiger partial charge in [-0.05, 0) is 31.0 Å². The molecule has 0 amide bonds. The van der Waals surface area contributed by atoms with Crippen LogP contribution in [-0.2, 0) is 0 Å². The number of hydrogen-bond donors (Lipinski definition) is 2. The lowest BCUT2D eigenvalue weighted by Gasteiger charge is -2.10. The third kappa shape index (κ3) is 4.78. The molecule has 1 aromatic rings. The summed E-state index contributed by atoms with van der Waals surface area (Å²) in [6.07, 6.45) is 6.21. The van der Waals surface area contributed by atoms with Crippen LogP contribution in [0, 0.1) is 6.92 Å². The van der Waals surface area contributed by atoms with Gasteiger partial charge in [0.15, 0.2) is 0 Å². The van der Waals surface area contributed by atoms with Crippen LogP contribution >= 0.6 is 0 Å². The van der Waals surface area contributed by atoms with Crippen molar-refractivity contribution >= 4 is 11.7 Å². The van der Waals surface area contributed by atoms with E-state index in [4.69, 9.17) is 5.11 Å². The number of aromatic carboxylic acids is 1. The van der Waals surface area contributed by atoms with Crippen LogP contribution in [0.3, 0.4) is 0 Å². The zero-order valence-electron chi connectivity index (χ0n) is 11.3. The summed E-state index contributed by atoms with van der Waals surface area (Å²) < 4.78 is 0. The Morgan fingerprint density at radius 1 is 1.22 bits per heavy atom. The van der Waals surface area contributed by atoms with Gasteiger partial charge < -0.3 is 10.4 Å². The van der Waals surface area contributed by atoms with Crippen LogP contribution in [0.2, 0.25) is 0 Å². The molecule has 0 spiro atoms. The monoisotopic (exact) mass is 249 g/mol. The third-order valence-corrected chi connectivity index (χ3v) is 3.08. The topological polar surface area (TPSA) is 49.3 Å². The maximum atomic E-state index is 10.9. The Balaban J connectivity index is 2.41. The fourth-order valence-corrected chi connectivity index (χ4v) is 1.90. The summed E-state index contributed by atoms with van der Waals surface area (Å²) in [5, 5.41) is 12.3. The Kier molecular flexibility index (Phi) is 6.26. The summed E-state index contributed by atoms with van der Waals surface area (Å²) in [6, 6.07) is 5.21. The first-order chi connectivity index (χ1) is 8.65. The van der Waals surface area contributed by atoms with Gasteiger partial charge >= 0.3 is 5.97 Å². The van der Waals surface area contributed by atoms with E-state index >= 15 is 0 Å². The van der Waals surface area contributed by atoms with Gasteiger partial charge in [0.2, 0.25) is 0 Å². The highest BCUT2D eigenvalue weighted by atomic mass is 16.4. The molecule has 0 saturated heterocycles. The Bertz CT molecular complexity index is 388. The minimum atomic E-state index is -0.874. The molecule has 0 fully saturated rings. The highest BCUT2D eigenvalue weighted by Gasteiger charge is 2.05. The first-order valence-electron chi connectivity index (χ1n) is 6.73. The van der Waals surface area contributed by atoms with Crippen molar-refractivity contribution in [3.63, 3.8) is 0 Å². The molecule has 0 atom stereocenters. The van der Waals surface area contributed by atoms with E-state index in [0.717, 1.165) is 24.2 Å². The van der Waals surface area contributed by atoms with Crippen LogP contribution in [0.1, 0.15) is 54.9 Å². The van der Waals surface area contributed by atoms with Gasteiger partial charge in [-0.3, -0.25) is 0 Å². The number of aryl methyl sites for hydroxylation is 1. The summed E-state index contributed by atoms with van der Waals surface area (Å²) in [5.41, 5.74) is 2.37. The highest BCUT2D eigenvalue weighted by Crippen LogP contribution is 2.17. The van der Waals surface area contributed by atoms with Crippen molar-refractivity contribution in [3.05, 3.63) is 29.3 Å². The second-order valence-corrected chi connectivity index (χ2v) is 4.68. The van der Waals surface area contributed by atoms with E-state index in [-0.39, 0.29) is 0 Å². The number of carboxylic acids is 1. The van der Waals surface area contributed by atoms with Gasteiger partial charge in [-0.15, -0.1) is 0 Å². The molecule has 0 aliphatic carbocycles. The molecule has 0 heterocycles.